The minimum Gasteiger partial charge on any atom is -0.388 e. The maximum atomic E-state index is 12.5. The molecule has 0 aromatic carbocycles. The van der Waals surface area contributed by atoms with E-state index in [0.29, 0.717) is 41.5 Å². The van der Waals surface area contributed by atoms with Gasteiger partial charge >= 0.3 is 0 Å². The Bertz CT molecular complexity index is 899. The second-order valence-corrected chi connectivity index (χ2v) is 6.99. The van der Waals surface area contributed by atoms with Gasteiger partial charge in [-0.3, -0.25) is 9.59 Å². The van der Waals surface area contributed by atoms with Crippen LogP contribution in [0.25, 0.3) is 0 Å². The number of rotatable bonds is 5. The number of hydrogen-bond acceptors (Lipinski definition) is 5. The number of nitrogens with zero attached hydrogens (tertiary/aromatic N) is 3. The monoisotopic (exact) mass is 379 g/mol. The van der Waals surface area contributed by atoms with E-state index in [-0.39, 0.29) is 24.1 Å². The third kappa shape index (κ3) is 3.14. The largest absolute Gasteiger partial charge is 0.388 e. The molecule has 0 unspecified atom stereocenters. The van der Waals surface area contributed by atoms with Crippen molar-refractivity contribution in [2.45, 2.75) is 58.7 Å². The molecular weight excluding hydrogens is 358 g/mol. The quantitative estimate of drug-likeness (QED) is 0.727. The van der Waals surface area contributed by atoms with Crippen LogP contribution < -0.4 is 10.9 Å². The number of aliphatic hydroxyl groups is 1. The smallest absolute Gasteiger partial charge is 0.261 e. The summed E-state index contributed by atoms with van der Waals surface area (Å²) in [6.45, 7) is 5.87. The van der Waals surface area contributed by atoms with Crippen molar-refractivity contribution in [2.75, 3.05) is 0 Å². The van der Waals surface area contributed by atoms with Gasteiger partial charge in [-0.05, 0) is 39.2 Å². The molecule has 8 nitrogen and oxygen atoms in total. The van der Waals surface area contributed by atoms with Crippen molar-refractivity contribution in [3.63, 3.8) is 0 Å². The maximum absolute atomic E-state index is 12.5. The lowest BCUT2D eigenvalue weighted by molar-refractivity contribution is 0.0904. The van der Waals surface area contributed by atoms with Gasteiger partial charge in [0, 0.05) is 24.2 Å². The first kappa shape index (κ1) is 18.6. The van der Waals surface area contributed by atoms with Crippen LogP contribution in [0.2, 0.25) is 5.02 Å². The summed E-state index contributed by atoms with van der Waals surface area (Å²) < 4.78 is 1.90. The number of halogens is 1. The number of aromatic amines is 1. The highest BCUT2D eigenvalue weighted by Crippen LogP contribution is 2.36. The van der Waals surface area contributed by atoms with Crippen LogP contribution in [0.4, 0.5) is 0 Å². The zero-order chi connectivity index (χ0) is 19.0. The number of aryl methyl sites for hydroxylation is 1. The van der Waals surface area contributed by atoms with Crippen LogP contribution in [0.15, 0.2) is 4.79 Å². The van der Waals surface area contributed by atoms with Gasteiger partial charge in [-0.25, -0.2) is 0 Å². The van der Waals surface area contributed by atoms with Crippen molar-refractivity contribution >= 4 is 17.5 Å². The second-order valence-electron chi connectivity index (χ2n) is 6.61. The van der Waals surface area contributed by atoms with E-state index in [0.717, 1.165) is 5.82 Å². The molecule has 0 aliphatic heterocycles. The van der Waals surface area contributed by atoms with E-state index < -0.39 is 11.5 Å². The van der Waals surface area contributed by atoms with Gasteiger partial charge in [0.1, 0.15) is 18.0 Å². The van der Waals surface area contributed by atoms with Crippen LogP contribution in [0.1, 0.15) is 58.9 Å². The molecule has 1 saturated carbocycles. The first-order valence-corrected chi connectivity index (χ1v) is 8.97. The molecule has 9 heteroatoms. The lowest BCUT2D eigenvalue weighted by Crippen LogP contribution is -2.45. The first-order chi connectivity index (χ1) is 12.4. The zero-order valence-corrected chi connectivity index (χ0v) is 15.7. The fourth-order valence-electron chi connectivity index (χ4n) is 3.44. The van der Waals surface area contributed by atoms with Crippen LogP contribution >= 0.6 is 11.6 Å². The predicted molar refractivity (Wildman–Crippen MR) is 96.4 cm³/mol. The van der Waals surface area contributed by atoms with Gasteiger partial charge in [-0.1, -0.05) is 11.6 Å². The van der Waals surface area contributed by atoms with Crippen molar-refractivity contribution < 1.29 is 9.90 Å². The molecule has 140 valence electrons. The number of nitrogens with one attached hydrogen (secondary N) is 2. The highest BCUT2D eigenvalue weighted by atomic mass is 35.5. The molecule has 1 aliphatic rings. The molecule has 0 radical (unpaired) electrons. The molecule has 3 rings (SSSR count). The zero-order valence-electron chi connectivity index (χ0n) is 15.0. The fraction of sp³-hybridized carbons (Fsp3) is 0.529. The summed E-state index contributed by atoms with van der Waals surface area (Å²) in [5, 5.41) is 20.8. The van der Waals surface area contributed by atoms with E-state index in [1.54, 1.807) is 13.8 Å². The Hall–Kier alpha value is -2.19. The molecule has 1 aliphatic carbocycles. The van der Waals surface area contributed by atoms with Gasteiger partial charge in [-0.2, -0.15) is 0 Å². The molecule has 3 N–H and O–H groups in total. The number of carbonyl (C=O) groups is 1. The number of aliphatic hydroxyl groups excluding tert-OH is 1. The van der Waals surface area contributed by atoms with E-state index in [4.69, 9.17) is 11.6 Å². The number of carbonyl (C=O) groups excluding carboxylic acids is 1. The van der Waals surface area contributed by atoms with Gasteiger partial charge in [0.2, 0.25) is 0 Å². The molecular formula is C17H22ClN5O3. The molecule has 0 bridgehead atoms. The molecule has 1 amide bonds. The molecule has 0 saturated heterocycles. The summed E-state index contributed by atoms with van der Waals surface area (Å²) in [6.07, 6.45) is 1.43. The molecule has 0 atom stereocenters. The predicted octanol–water partition coefficient (Wildman–Crippen LogP) is 1.42. The number of H-pyrrole nitrogens is 1. The Balaban J connectivity index is 1.69. The SMILES string of the molecule is CCn1c(CO)nnc1C1CC(NC(=O)c2c(C)c(Cl)c(C)[nH]c2=O)C1. The number of hydrogen-bond donors (Lipinski definition) is 3. The number of pyridine rings is 1. The van der Waals surface area contributed by atoms with E-state index >= 15 is 0 Å². The third-order valence-corrected chi connectivity index (χ3v) is 5.51. The highest BCUT2D eigenvalue weighted by Gasteiger charge is 2.36. The molecule has 2 heterocycles. The lowest BCUT2D eigenvalue weighted by Gasteiger charge is -2.35. The lowest BCUT2D eigenvalue weighted by atomic mass is 9.79. The average molecular weight is 380 g/mol. The van der Waals surface area contributed by atoms with Crippen LogP contribution in [0.3, 0.4) is 0 Å². The van der Waals surface area contributed by atoms with Crippen molar-refractivity contribution in [3.8, 4) is 0 Å². The maximum Gasteiger partial charge on any atom is 0.261 e. The topological polar surface area (TPSA) is 113 Å². The Morgan fingerprint density at radius 3 is 2.69 bits per heavy atom. The molecule has 0 spiro atoms. The Morgan fingerprint density at radius 2 is 2.08 bits per heavy atom. The summed E-state index contributed by atoms with van der Waals surface area (Å²) in [5.41, 5.74) is 0.659. The molecule has 26 heavy (non-hydrogen) atoms. The van der Waals surface area contributed by atoms with Gasteiger partial charge in [0.05, 0.1) is 5.02 Å². The summed E-state index contributed by atoms with van der Waals surface area (Å²) in [5.74, 6) is 1.14. The number of amides is 1. The van der Waals surface area contributed by atoms with E-state index in [9.17, 15) is 14.7 Å². The fourth-order valence-corrected chi connectivity index (χ4v) is 3.58. The average Bonchev–Trinajstić information content (AvgIpc) is 2.98. The van der Waals surface area contributed by atoms with E-state index in [1.165, 1.54) is 0 Å². The number of aromatic nitrogens is 4. The van der Waals surface area contributed by atoms with Crippen LogP contribution in [0.5, 0.6) is 0 Å². The van der Waals surface area contributed by atoms with E-state index in [2.05, 4.69) is 20.5 Å². The minimum absolute atomic E-state index is 0.0361. The van der Waals surface area contributed by atoms with Crippen molar-refractivity contribution in [1.29, 1.82) is 0 Å². The third-order valence-electron chi connectivity index (χ3n) is 4.94. The van der Waals surface area contributed by atoms with Crippen molar-refractivity contribution in [2.24, 2.45) is 0 Å². The van der Waals surface area contributed by atoms with Gasteiger partial charge < -0.3 is 20.0 Å². The van der Waals surface area contributed by atoms with Crippen LogP contribution in [0, 0.1) is 13.8 Å². The normalized spacial score (nSPS) is 19.3. The Morgan fingerprint density at radius 1 is 1.38 bits per heavy atom. The summed E-state index contributed by atoms with van der Waals surface area (Å²) in [7, 11) is 0. The summed E-state index contributed by atoms with van der Waals surface area (Å²) in [4.78, 5) is 27.2. The van der Waals surface area contributed by atoms with Gasteiger partial charge in [0.15, 0.2) is 5.82 Å². The minimum atomic E-state index is -0.434. The highest BCUT2D eigenvalue weighted by molar-refractivity contribution is 6.32. The Labute approximate surface area is 155 Å². The summed E-state index contributed by atoms with van der Waals surface area (Å²) in [6, 6.07) is -0.0361. The molecule has 1 fully saturated rings. The molecule has 2 aromatic rings. The van der Waals surface area contributed by atoms with Gasteiger partial charge in [0.25, 0.3) is 11.5 Å². The summed E-state index contributed by atoms with van der Waals surface area (Å²) >= 11 is 6.15. The van der Waals surface area contributed by atoms with Gasteiger partial charge in [-0.15, -0.1) is 10.2 Å². The molecule has 2 aromatic heterocycles. The van der Waals surface area contributed by atoms with E-state index in [1.807, 2.05) is 11.5 Å². The van der Waals surface area contributed by atoms with Crippen LogP contribution in [-0.4, -0.2) is 36.8 Å². The first-order valence-electron chi connectivity index (χ1n) is 8.60. The van der Waals surface area contributed by atoms with Crippen LogP contribution in [-0.2, 0) is 13.2 Å². The van der Waals surface area contributed by atoms with Crippen molar-refractivity contribution in [3.05, 3.63) is 43.8 Å². The Kier molecular flexibility index (Phi) is 5.15. The second kappa shape index (κ2) is 7.20. The van der Waals surface area contributed by atoms with Crippen molar-refractivity contribution in [1.82, 2.24) is 25.1 Å². The standard InChI is InChI=1S/C17H22ClN5O3/c1-4-23-12(7-24)21-22-15(23)10-5-11(6-10)20-17(26)13-8(2)14(18)9(3)19-16(13)25/h10-11,24H,4-7H2,1-3H3,(H,19,25)(H,20,26).